The largest absolute Gasteiger partial charge is 0.337 e. The van der Waals surface area contributed by atoms with Gasteiger partial charge in [-0.1, -0.05) is 66.2 Å². The zero-order valence-electron chi connectivity index (χ0n) is 24.0. The third-order valence-electron chi connectivity index (χ3n) is 8.11. The van der Waals surface area contributed by atoms with E-state index in [-0.39, 0.29) is 18.0 Å². The minimum absolute atomic E-state index is 0.0522. The first-order valence-electron chi connectivity index (χ1n) is 14.6. The van der Waals surface area contributed by atoms with Crippen molar-refractivity contribution in [3.63, 3.8) is 0 Å². The Morgan fingerprint density at radius 1 is 1.03 bits per heavy atom. The second-order valence-corrected chi connectivity index (χ2v) is 11.4. The van der Waals surface area contributed by atoms with Crippen molar-refractivity contribution in [1.29, 1.82) is 0 Å². The lowest BCUT2D eigenvalue weighted by molar-refractivity contribution is -0.136. The van der Waals surface area contributed by atoms with E-state index in [1.165, 1.54) is 27.5 Å². The highest BCUT2D eigenvalue weighted by Gasteiger charge is 2.34. The van der Waals surface area contributed by atoms with Crippen LogP contribution in [-0.2, 0) is 17.6 Å². The number of carbonyl (C=O) groups is 1. The molecule has 3 aromatic carbocycles. The minimum Gasteiger partial charge on any atom is -0.337 e. The van der Waals surface area contributed by atoms with Gasteiger partial charge in [0.15, 0.2) is 0 Å². The highest BCUT2D eigenvalue weighted by molar-refractivity contribution is 5.85. The molecule has 6 heteroatoms. The molecule has 6 nitrogen and oxygen atoms in total. The number of hydrogen-bond acceptors (Lipinski definition) is 5. The molecule has 1 amide bonds. The van der Waals surface area contributed by atoms with E-state index in [1.54, 1.807) is 0 Å². The Balaban J connectivity index is 1.42. The number of aryl methyl sites for hydroxylation is 2. The average Bonchev–Trinajstić information content (AvgIpc) is 2.91. The highest BCUT2D eigenvalue weighted by atomic mass is 16.2. The van der Waals surface area contributed by atoms with Crippen LogP contribution in [-0.4, -0.2) is 73.1 Å². The van der Waals surface area contributed by atoms with Crippen LogP contribution in [0.25, 0.3) is 10.8 Å². The van der Waals surface area contributed by atoms with Gasteiger partial charge in [-0.2, -0.15) is 0 Å². The normalized spacial score (nSPS) is 18.9. The molecule has 3 atom stereocenters. The van der Waals surface area contributed by atoms with Crippen molar-refractivity contribution in [2.75, 3.05) is 39.3 Å². The predicted molar refractivity (Wildman–Crippen MR) is 163 cm³/mol. The first kappa shape index (κ1) is 29.2. The van der Waals surface area contributed by atoms with Crippen LogP contribution in [0.2, 0.25) is 0 Å². The third kappa shape index (κ3) is 8.12. The molecule has 0 aliphatic carbocycles. The number of carbonyl (C=O) groups excluding carboxylic acids is 1. The molecule has 0 saturated carbocycles. The van der Waals surface area contributed by atoms with Gasteiger partial charge in [0.25, 0.3) is 0 Å². The number of fused-ring (bicyclic) bond motifs is 1. The number of nitrogens with one attached hydrogen (secondary N) is 1. The van der Waals surface area contributed by atoms with Crippen molar-refractivity contribution >= 4 is 16.7 Å². The molecule has 1 fully saturated rings. The van der Waals surface area contributed by atoms with Gasteiger partial charge in [-0.15, -0.1) is 0 Å². The standard InChI is InChI=1S/C33H47N5O/c1-24-10-12-29(25(2)17-24)20-31(35)22-37-21-26(3)38(23-32(37)9-6-15-36-16-14-34)33(39)19-27-11-13-28-7-4-5-8-30(28)18-27/h4-5,7-8,10-13,17-18,26,31-32,36H,6,9,14-16,19-23,34-35H2,1-3H3/t26-,31-,32+/m1/s1. The van der Waals surface area contributed by atoms with Crippen molar-refractivity contribution in [3.8, 4) is 0 Å². The monoisotopic (exact) mass is 529 g/mol. The first-order valence-corrected chi connectivity index (χ1v) is 14.6. The molecule has 4 rings (SSSR count). The molecule has 0 bridgehead atoms. The lowest BCUT2D eigenvalue weighted by Gasteiger charge is -2.46. The summed E-state index contributed by atoms with van der Waals surface area (Å²) in [5.74, 6) is 0.211. The van der Waals surface area contributed by atoms with Crippen LogP contribution in [0.3, 0.4) is 0 Å². The Hall–Kier alpha value is -2.77. The molecule has 0 aromatic heterocycles. The molecule has 1 aliphatic heterocycles. The summed E-state index contributed by atoms with van der Waals surface area (Å²) >= 11 is 0. The molecular weight excluding hydrogens is 482 g/mol. The van der Waals surface area contributed by atoms with Crippen molar-refractivity contribution in [1.82, 2.24) is 15.1 Å². The van der Waals surface area contributed by atoms with Gasteiger partial charge in [-0.05, 0) is 74.0 Å². The van der Waals surface area contributed by atoms with Crippen LogP contribution < -0.4 is 16.8 Å². The average molecular weight is 530 g/mol. The van der Waals surface area contributed by atoms with Gasteiger partial charge in [0.1, 0.15) is 0 Å². The number of amides is 1. The number of rotatable bonds is 12. The summed E-state index contributed by atoms with van der Waals surface area (Å²) in [7, 11) is 0. The number of nitrogens with two attached hydrogens (primary N) is 2. The first-order chi connectivity index (χ1) is 18.8. The molecule has 3 aromatic rings. The zero-order valence-corrected chi connectivity index (χ0v) is 24.0. The third-order valence-corrected chi connectivity index (χ3v) is 8.11. The van der Waals surface area contributed by atoms with Crippen LogP contribution in [0, 0.1) is 13.8 Å². The maximum absolute atomic E-state index is 13.6. The molecule has 0 spiro atoms. The summed E-state index contributed by atoms with van der Waals surface area (Å²) < 4.78 is 0. The van der Waals surface area contributed by atoms with Gasteiger partial charge < -0.3 is 21.7 Å². The molecule has 1 saturated heterocycles. The molecule has 1 heterocycles. The van der Waals surface area contributed by atoms with E-state index in [0.29, 0.717) is 19.0 Å². The maximum atomic E-state index is 13.6. The summed E-state index contributed by atoms with van der Waals surface area (Å²) in [5.41, 5.74) is 17.4. The quantitative estimate of drug-likeness (QED) is 0.311. The second-order valence-electron chi connectivity index (χ2n) is 11.4. The van der Waals surface area contributed by atoms with Crippen molar-refractivity contribution in [2.45, 2.75) is 64.6 Å². The summed E-state index contributed by atoms with van der Waals surface area (Å²) in [5, 5.41) is 5.80. The highest BCUT2D eigenvalue weighted by Crippen LogP contribution is 2.23. The second kappa shape index (κ2) is 14.0. The lowest BCUT2D eigenvalue weighted by atomic mass is 9.97. The van der Waals surface area contributed by atoms with E-state index in [2.05, 4.69) is 84.4 Å². The van der Waals surface area contributed by atoms with Crippen LogP contribution in [0.1, 0.15) is 42.0 Å². The molecule has 0 radical (unpaired) electrons. The SMILES string of the molecule is Cc1ccc(C[C@@H](N)CN2C[C@@H](C)N(C(=O)Cc3ccc4ccccc4c3)C[C@@H]2CCCNCCN)c(C)c1. The van der Waals surface area contributed by atoms with Gasteiger partial charge in [-0.3, -0.25) is 9.69 Å². The number of piperazine rings is 1. The molecule has 39 heavy (non-hydrogen) atoms. The maximum Gasteiger partial charge on any atom is 0.227 e. The van der Waals surface area contributed by atoms with E-state index >= 15 is 0 Å². The molecular formula is C33H47N5O. The van der Waals surface area contributed by atoms with E-state index in [0.717, 1.165) is 57.5 Å². The number of benzene rings is 3. The Labute approximate surface area is 234 Å². The lowest BCUT2D eigenvalue weighted by Crippen LogP contribution is -2.61. The molecule has 5 N–H and O–H groups in total. The number of nitrogens with zero attached hydrogens (tertiary/aromatic N) is 2. The number of hydrogen-bond donors (Lipinski definition) is 3. The van der Waals surface area contributed by atoms with Gasteiger partial charge in [-0.25, -0.2) is 0 Å². The summed E-state index contributed by atoms with van der Waals surface area (Å²) in [6.07, 6.45) is 3.38. The van der Waals surface area contributed by atoms with E-state index in [1.807, 2.05) is 12.1 Å². The van der Waals surface area contributed by atoms with Crippen LogP contribution in [0.15, 0.2) is 60.7 Å². The molecule has 1 aliphatic rings. The summed E-state index contributed by atoms with van der Waals surface area (Å²) in [6.45, 7) is 11.4. The summed E-state index contributed by atoms with van der Waals surface area (Å²) in [4.78, 5) is 18.2. The molecule has 0 unspecified atom stereocenters. The fourth-order valence-electron chi connectivity index (χ4n) is 5.99. The van der Waals surface area contributed by atoms with Gasteiger partial charge in [0, 0.05) is 50.8 Å². The van der Waals surface area contributed by atoms with E-state index < -0.39 is 0 Å². The van der Waals surface area contributed by atoms with Crippen molar-refractivity contribution in [3.05, 3.63) is 82.9 Å². The fourth-order valence-corrected chi connectivity index (χ4v) is 5.99. The Bertz CT molecular complexity index is 1230. The van der Waals surface area contributed by atoms with Crippen LogP contribution >= 0.6 is 0 Å². The minimum atomic E-state index is 0.0522. The Morgan fingerprint density at radius 3 is 2.59 bits per heavy atom. The zero-order chi connectivity index (χ0) is 27.8. The van der Waals surface area contributed by atoms with Crippen molar-refractivity contribution in [2.24, 2.45) is 11.5 Å². The Morgan fingerprint density at radius 2 is 1.82 bits per heavy atom. The van der Waals surface area contributed by atoms with Crippen molar-refractivity contribution < 1.29 is 4.79 Å². The Kier molecular flexibility index (Phi) is 10.5. The van der Waals surface area contributed by atoms with Crippen LogP contribution in [0.5, 0.6) is 0 Å². The van der Waals surface area contributed by atoms with Gasteiger partial charge in [0.05, 0.1) is 6.42 Å². The fraction of sp³-hybridized carbons (Fsp3) is 0.485. The summed E-state index contributed by atoms with van der Waals surface area (Å²) in [6, 6.07) is 21.8. The van der Waals surface area contributed by atoms with Gasteiger partial charge >= 0.3 is 0 Å². The topological polar surface area (TPSA) is 87.6 Å². The van der Waals surface area contributed by atoms with E-state index in [4.69, 9.17) is 11.5 Å². The van der Waals surface area contributed by atoms with Crippen LogP contribution in [0.4, 0.5) is 0 Å². The molecule has 210 valence electrons. The van der Waals surface area contributed by atoms with Gasteiger partial charge in [0.2, 0.25) is 5.91 Å². The smallest absolute Gasteiger partial charge is 0.227 e. The predicted octanol–water partition coefficient (Wildman–Crippen LogP) is 3.80. The van der Waals surface area contributed by atoms with E-state index in [9.17, 15) is 4.79 Å².